The van der Waals surface area contributed by atoms with Crippen LogP contribution in [0.2, 0.25) is 0 Å². The average molecular weight is 212 g/mol. The van der Waals surface area contributed by atoms with Crippen molar-refractivity contribution in [3.05, 3.63) is 0 Å². The van der Waals surface area contributed by atoms with Crippen LogP contribution in [0.5, 0.6) is 0 Å². The normalized spacial score (nSPS) is 16.3. The van der Waals surface area contributed by atoms with Crippen molar-refractivity contribution in [1.82, 2.24) is 0 Å². The van der Waals surface area contributed by atoms with Crippen LogP contribution in [0.25, 0.3) is 0 Å². The zero-order valence-electron chi connectivity index (χ0n) is 7.30. The van der Waals surface area contributed by atoms with Crippen molar-refractivity contribution in [1.29, 1.82) is 0 Å². The molecule has 0 bridgehead atoms. The van der Waals surface area contributed by atoms with Crippen molar-refractivity contribution in [2.24, 2.45) is 0 Å². The molecule has 0 saturated heterocycles. The molecule has 2 N–H and O–H groups in total. The molecule has 13 heavy (non-hydrogen) atoms. The first-order valence-corrected chi connectivity index (χ1v) is 5.11. The summed E-state index contributed by atoms with van der Waals surface area (Å²) in [6.07, 6.45) is -2.64. The monoisotopic (exact) mass is 212 g/mol. The first-order chi connectivity index (χ1) is 5.74. The lowest BCUT2D eigenvalue weighted by molar-refractivity contribution is -0.131. The first kappa shape index (κ1) is 12.3. The summed E-state index contributed by atoms with van der Waals surface area (Å²) in [5.41, 5.74) is 0. The van der Waals surface area contributed by atoms with Gasteiger partial charge in [-0.05, 0) is 6.92 Å². The number of aliphatic hydroxyl groups excluding tert-OH is 2. The highest BCUT2D eigenvalue weighted by molar-refractivity contribution is 7.87. The summed E-state index contributed by atoms with van der Waals surface area (Å²) in [6, 6.07) is 0. The van der Waals surface area contributed by atoms with E-state index in [4.69, 9.17) is 10.2 Å². The van der Waals surface area contributed by atoms with Crippen LogP contribution in [-0.2, 0) is 19.1 Å². The van der Waals surface area contributed by atoms with Crippen molar-refractivity contribution in [2.75, 3.05) is 5.75 Å². The molecule has 0 aliphatic rings. The predicted molar refractivity (Wildman–Crippen MR) is 43.2 cm³/mol. The average Bonchev–Trinajstić information content (AvgIpc) is 1.81. The predicted octanol–water partition coefficient (Wildman–Crippen LogP) is -1.38. The highest BCUT2D eigenvalue weighted by Gasteiger charge is 2.23. The molecule has 0 spiro atoms. The molecule has 0 aliphatic heterocycles. The summed E-state index contributed by atoms with van der Waals surface area (Å²) in [6.45, 7) is 2.17. The molecule has 2 atom stereocenters. The lowest BCUT2D eigenvalue weighted by Gasteiger charge is -2.12. The highest BCUT2D eigenvalue weighted by atomic mass is 32.2. The summed E-state index contributed by atoms with van der Waals surface area (Å²) in [5.74, 6) is -1.78. The van der Waals surface area contributed by atoms with E-state index in [2.05, 4.69) is 4.18 Å². The van der Waals surface area contributed by atoms with Gasteiger partial charge in [0.15, 0.2) is 0 Å². The van der Waals surface area contributed by atoms with Gasteiger partial charge >= 0.3 is 16.1 Å². The molecular formula is C6H12O6S. The van der Waals surface area contributed by atoms with E-state index in [1.54, 1.807) is 0 Å². The second-order valence-electron chi connectivity index (χ2n) is 2.61. The Morgan fingerprint density at radius 1 is 1.46 bits per heavy atom. The van der Waals surface area contributed by atoms with Crippen molar-refractivity contribution in [3.8, 4) is 0 Å². The van der Waals surface area contributed by atoms with Crippen LogP contribution in [0.1, 0.15) is 13.8 Å². The van der Waals surface area contributed by atoms with E-state index in [0.717, 1.165) is 6.92 Å². The Kier molecular flexibility index (Phi) is 4.31. The maximum Gasteiger partial charge on any atom is 0.319 e. The molecule has 0 aromatic rings. The van der Waals surface area contributed by atoms with Crippen LogP contribution in [0.4, 0.5) is 0 Å². The Bertz CT molecular complexity index is 267. The number of rotatable bonds is 4. The van der Waals surface area contributed by atoms with Crippen LogP contribution < -0.4 is 0 Å². The van der Waals surface area contributed by atoms with Crippen molar-refractivity contribution < 1.29 is 27.6 Å². The smallest absolute Gasteiger partial charge is 0.319 e. The fraction of sp³-hybridized carbons (Fsp3) is 0.833. The third-order valence-electron chi connectivity index (χ3n) is 1.18. The lowest BCUT2D eigenvalue weighted by atomic mass is 10.3. The molecule has 0 fully saturated rings. The molecule has 2 unspecified atom stereocenters. The zero-order chi connectivity index (χ0) is 10.6. The Hall–Kier alpha value is -0.660. The molecule has 0 saturated carbocycles. The minimum absolute atomic E-state index is 0.801. The standard InChI is InChI=1S/C6H12O6S/c1-4(7)6(9)3-13(10,11)12-5(2)8/h4,6-7,9H,3H2,1-2H3. The molecule has 0 heterocycles. The third kappa shape index (κ3) is 5.56. The maximum atomic E-state index is 10.8. The van der Waals surface area contributed by atoms with E-state index in [9.17, 15) is 13.2 Å². The topological polar surface area (TPSA) is 101 Å². The fourth-order valence-corrected chi connectivity index (χ4v) is 1.68. The Morgan fingerprint density at radius 2 is 1.92 bits per heavy atom. The van der Waals surface area contributed by atoms with Gasteiger partial charge in [0.25, 0.3) is 0 Å². The minimum Gasteiger partial charge on any atom is -0.391 e. The van der Waals surface area contributed by atoms with Crippen LogP contribution in [0.3, 0.4) is 0 Å². The van der Waals surface area contributed by atoms with Crippen LogP contribution >= 0.6 is 0 Å². The van der Waals surface area contributed by atoms with Gasteiger partial charge in [0, 0.05) is 6.92 Å². The Morgan fingerprint density at radius 3 is 2.23 bits per heavy atom. The van der Waals surface area contributed by atoms with Crippen molar-refractivity contribution >= 4 is 16.1 Å². The molecule has 0 radical (unpaired) electrons. The van der Waals surface area contributed by atoms with E-state index >= 15 is 0 Å². The van der Waals surface area contributed by atoms with E-state index in [1.807, 2.05) is 0 Å². The second kappa shape index (κ2) is 4.54. The second-order valence-corrected chi connectivity index (χ2v) is 4.22. The summed E-state index contributed by atoms with van der Waals surface area (Å²) in [7, 11) is -4.08. The zero-order valence-corrected chi connectivity index (χ0v) is 8.11. The molecule has 0 aliphatic carbocycles. The first-order valence-electron chi connectivity index (χ1n) is 3.53. The number of carbonyl (C=O) groups is 1. The van der Waals surface area contributed by atoms with Gasteiger partial charge in [0.1, 0.15) is 5.75 Å². The molecule has 0 amide bonds. The maximum absolute atomic E-state index is 10.8. The van der Waals surface area contributed by atoms with E-state index in [1.165, 1.54) is 6.92 Å². The fourth-order valence-electron chi connectivity index (χ4n) is 0.561. The Balaban J connectivity index is 4.26. The van der Waals surface area contributed by atoms with Crippen molar-refractivity contribution in [2.45, 2.75) is 26.1 Å². The molecule has 0 aromatic carbocycles. The van der Waals surface area contributed by atoms with Gasteiger partial charge in [-0.25, -0.2) is 0 Å². The molecule has 0 aromatic heterocycles. The molecule has 6 nitrogen and oxygen atoms in total. The lowest BCUT2D eigenvalue weighted by Crippen LogP contribution is -2.32. The van der Waals surface area contributed by atoms with Crippen molar-refractivity contribution in [3.63, 3.8) is 0 Å². The number of carbonyl (C=O) groups excluding carboxylic acids is 1. The number of aliphatic hydroxyl groups is 2. The highest BCUT2D eigenvalue weighted by Crippen LogP contribution is 2.01. The largest absolute Gasteiger partial charge is 0.391 e. The van der Waals surface area contributed by atoms with Gasteiger partial charge in [-0.3, -0.25) is 4.79 Å². The van der Waals surface area contributed by atoms with Gasteiger partial charge in [-0.2, -0.15) is 8.42 Å². The summed E-state index contributed by atoms with van der Waals surface area (Å²) >= 11 is 0. The molecule has 0 rings (SSSR count). The quantitative estimate of drug-likeness (QED) is 0.557. The summed E-state index contributed by atoms with van der Waals surface area (Å²) in [4.78, 5) is 10.3. The van der Waals surface area contributed by atoms with Gasteiger partial charge < -0.3 is 14.4 Å². The van der Waals surface area contributed by atoms with Crippen LogP contribution in [0, 0.1) is 0 Å². The number of hydrogen-bond donors (Lipinski definition) is 2. The van der Waals surface area contributed by atoms with Gasteiger partial charge in [0.05, 0.1) is 12.2 Å². The van der Waals surface area contributed by atoms with Gasteiger partial charge in [0.2, 0.25) is 0 Å². The van der Waals surface area contributed by atoms with E-state index in [-0.39, 0.29) is 0 Å². The third-order valence-corrected chi connectivity index (χ3v) is 2.41. The van der Waals surface area contributed by atoms with E-state index < -0.39 is 34.0 Å². The van der Waals surface area contributed by atoms with Gasteiger partial charge in [-0.1, -0.05) is 0 Å². The molecule has 78 valence electrons. The van der Waals surface area contributed by atoms with Crippen LogP contribution in [-0.4, -0.2) is 42.6 Å². The van der Waals surface area contributed by atoms with E-state index in [0.29, 0.717) is 0 Å². The molecule has 7 heteroatoms. The molecular weight excluding hydrogens is 200 g/mol. The SMILES string of the molecule is CC(=O)OS(=O)(=O)CC(O)C(C)O. The summed E-state index contributed by atoms with van der Waals surface area (Å²) in [5, 5.41) is 17.7. The minimum atomic E-state index is -4.08. The summed E-state index contributed by atoms with van der Waals surface area (Å²) < 4.78 is 25.6. The van der Waals surface area contributed by atoms with Crippen LogP contribution in [0.15, 0.2) is 0 Å². The number of hydrogen-bond acceptors (Lipinski definition) is 6. The Labute approximate surface area is 76.3 Å². The van der Waals surface area contributed by atoms with Gasteiger partial charge in [-0.15, -0.1) is 0 Å².